The smallest absolute Gasteiger partial charge is 0.225 e. The van der Waals surface area contributed by atoms with Crippen LogP contribution in [0.25, 0.3) is 0 Å². The Bertz CT molecular complexity index is 361. The van der Waals surface area contributed by atoms with Crippen molar-refractivity contribution in [2.45, 2.75) is 19.4 Å². The van der Waals surface area contributed by atoms with E-state index in [0.29, 0.717) is 13.2 Å². The lowest BCUT2D eigenvalue weighted by Crippen LogP contribution is -2.35. The van der Waals surface area contributed by atoms with Gasteiger partial charge >= 0.3 is 0 Å². The van der Waals surface area contributed by atoms with E-state index in [9.17, 15) is 4.79 Å². The van der Waals surface area contributed by atoms with Gasteiger partial charge in [0.25, 0.3) is 0 Å². The van der Waals surface area contributed by atoms with Gasteiger partial charge in [-0.3, -0.25) is 4.79 Å². The van der Waals surface area contributed by atoms with Crippen molar-refractivity contribution in [3.8, 4) is 0 Å². The van der Waals surface area contributed by atoms with Crippen LogP contribution in [0.3, 0.4) is 0 Å². The van der Waals surface area contributed by atoms with Crippen LogP contribution in [0.4, 0.5) is 0 Å². The molecule has 2 rings (SSSR count). The summed E-state index contributed by atoms with van der Waals surface area (Å²) < 4.78 is 6.36. The summed E-state index contributed by atoms with van der Waals surface area (Å²) in [5.74, 6) is 0.146. The molecule has 88 valence electrons. The summed E-state index contributed by atoms with van der Waals surface area (Å²) in [5.41, 5.74) is 0. The SMILES string of the molecule is O=C(NCc1sccc1Br)C1CCCOC1. The van der Waals surface area contributed by atoms with E-state index < -0.39 is 0 Å². The lowest BCUT2D eigenvalue weighted by molar-refractivity contribution is -0.129. The minimum absolute atomic E-state index is 0.0347. The first-order valence-corrected chi connectivity index (χ1v) is 7.02. The fraction of sp³-hybridized carbons (Fsp3) is 0.545. The first-order valence-electron chi connectivity index (χ1n) is 5.34. The lowest BCUT2D eigenvalue weighted by atomic mass is 10.0. The Balaban J connectivity index is 1.81. The minimum atomic E-state index is 0.0347. The van der Waals surface area contributed by atoms with Gasteiger partial charge in [-0.1, -0.05) is 0 Å². The molecule has 0 radical (unpaired) electrons. The Morgan fingerprint density at radius 3 is 3.19 bits per heavy atom. The molecule has 1 atom stereocenters. The highest BCUT2D eigenvalue weighted by Crippen LogP contribution is 2.22. The fourth-order valence-corrected chi connectivity index (χ4v) is 3.14. The Kier molecular flexibility index (Phi) is 4.37. The average Bonchev–Trinajstić information content (AvgIpc) is 2.73. The van der Waals surface area contributed by atoms with E-state index in [1.807, 2.05) is 11.4 Å². The Hall–Kier alpha value is -0.390. The number of hydrogen-bond donors (Lipinski definition) is 1. The molecule has 1 fully saturated rings. The molecule has 1 saturated heterocycles. The van der Waals surface area contributed by atoms with Crippen molar-refractivity contribution < 1.29 is 9.53 Å². The number of ether oxygens (including phenoxy) is 1. The molecule has 0 aromatic carbocycles. The van der Waals surface area contributed by atoms with Gasteiger partial charge in [0, 0.05) is 16.0 Å². The summed E-state index contributed by atoms with van der Waals surface area (Å²) >= 11 is 5.09. The maximum atomic E-state index is 11.8. The van der Waals surface area contributed by atoms with Gasteiger partial charge < -0.3 is 10.1 Å². The summed E-state index contributed by atoms with van der Waals surface area (Å²) in [5, 5.41) is 4.97. The zero-order valence-corrected chi connectivity index (χ0v) is 11.3. The van der Waals surface area contributed by atoms with Crippen molar-refractivity contribution in [3.05, 3.63) is 20.8 Å². The number of halogens is 1. The molecule has 0 aliphatic carbocycles. The Morgan fingerprint density at radius 2 is 2.56 bits per heavy atom. The molecule has 2 heterocycles. The molecule has 1 N–H and O–H groups in total. The molecule has 0 bridgehead atoms. The highest BCUT2D eigenvalue weighted by Gasteiger charge is 2.21. The maximum Gasteiger partial charge on any atom is 0.225 e. The van der Waals surface area contributed by atoms with E-state index in [1.54, 1.807) is 11.3 Å². The third-order valence-electron chi connectivity index (χ3n) is 2.65. The highest BCUT2D eigenvalue weighted by molar-refractivity contribution is 9.10. The Morgan fingerprint density at radius 1 is 1.69 bits per heavy atom. The summed E-state index contributed by atoms with van der Waals surface area (Å²) in [6.07, 6.45) is 1.93. The number of carbonyl (C=O) groups excluding carboxylic acids is 1. The number of rotatable bonds is 3. The highest BCUT2D eigenvalue weighted by atomic mass is 79.9. The topological polar surface area (TPSA) is 38.3 Å². The zero-order valence-electron chi connectivity index (χ0n) is 8.87. The molecule has 16 heavy (non-hydrogen) atoms. The molecule has 5 heteroatoms. The molecule has 0 saturated carbocycles. The van der Waals surface area contributed by atoms with Crippen LogP contribution in [0.1, 0.15) is 17.7 Å². The van der Waals surface area contributed by atoms with Crippen molar-refractivity contribution in [1.82, 2.24) is 5.32 Å². The van der Waals surface area contributed by atoms with Crippen LogP contribution in [-0.2, 0) is 16.1 Å². The normalized spacial score (nSPS) is 20.7. The van der Waals surface area contributed by atoms with Gasteiger partial charge in [-0.25, -0.2) is 0 Å². The number of thiophene rings is 1. The monoisotopic (exact) mass is 303 g/mol. The molecule has 1 unspecified atom stereocenters. The van der Waals surface area contributed by atoms with Crippen molar-refractivity contribution in [3.63, 3.8) is 0 Å². The number of nitrogens with one attached hydrogen (secondary N) is 1. The molecule has 3 nitrogen and oxygen atoms in total. The van der Waals surface area contributed by atoms with E-state index in [1.165, 1.54) is 0 Å². The molecule has 1 amide bonds. The number of amides is 1. The second kappa shape index (κ2) is 5.80. The predicted molar refractivity (Wildman–Crippen MR) is 67.4 cm³/mol. The molecule has 0 spiro atoms. The van der Waals surface area contributed by atoms with Gasteiger partial charge in [-0.05, 0) is 40.2 Å². The Labute approximate surface area is 107 Å². The van der Waals surface area contributed by atoms with Crippen molar-refractivity contribution in [2.24, 2.45) is 5.92 Å². The van der Waals surface area contributed by atoms with Crippen LogP contribution in [-0.4, -0.2) is 19.1 Å². The van der Waals surface area contributed by atoms with Crippen LogP contribution < -0.4 is 5.32 Å². The van der Waals surface area contributed by atoms with Crippen molar-refractivity contribution in [2.75, 3.05) is 13.2 Å². The molecule has 1 aliphatic rings. The maximum absolute atomic E-state index is 11.8. The van der Waals surface area contributed by atoms with Crippen LogP contribution >= 0.6 is 27.3 Å². The third kappa shape index (κ3) is 3.06. The zero-order chi connectivity index (χ0) is 11.4. The standard InChI is InChI=1S/C11H14BrNO2S/c12-9-3-5-16-10(9)6-13-11(14)8-2-1-4-15-7-8/h3,5,8H,1-2,4,6-7H2,(H,13,14). The quantitative estimate of drug-likeness (QED) is 0.932. The van der Waals surface area contributed by atoms with Crippen LogP contribution in [0.15, 0.2) is 15.9 Å². The van der Waals surface area contributed by atoms with Gasteiger partial charge in [0.05, 0.1) is 19.1 Å². The van der Waals surface area contributed by atoms with E-state index >= 15 is 0 Å². The molecule has 1 aliphatic heterocycles. The van der Waals surface area contributed by atoms with E-state index in [4.69, 9.17) is 4.74 Å². The lowest BCUT2D eigenvalue weighted by Gasteiger charge is -2.21. The largest absolute Gasteiger partial charge is 0.381 e. The molecular formula is C11H14BrNO2S. The van der Waals surface area contributed by atoms with Crippen LogP contribution in [0.2, 0.25) is 0 Å². The molecule has 1 aromatic rings. The third-order valence-corrected chi connectivity index (χ3v) is 4.57. The number of carbonyl (C=O) groups is 1. The minimum Gasteiger partial charge on any atom is -0.381 e. The summed E-state index contributed by atoms with van der Waals surface area (Å²) in [6.45, 7) is 1.96. The van der Waals surface area contributed by atoms with Gasteiger partial charge in [-0.15, -0.1) is 11.3 Å². The fourth-order valence-electron chi connectivity index (χ4n) is 1.71. The molecule has 1 aromatic heterocycles. The summed E-state index contributed by atoms with van der Waals surface area (Å²) in [6, 6.07) is 2.00. The van der Waals surface area contributed by atoms with Gasteiger partial charge in [0.1, 0.15) is 0 Å². The van der Waals surface area contributed by atoms with E-state index in [2.05, 4.69) is 21.2 Å². The number of hydrogen-bond acceptors (Lipinski definition) is 3. The second-order valence-electron chi connectivity index (χ2n) is 3.82. The van der Waals surface area contributed by atoms with Gasteiger partial charge in [-0.2, -0.15) is 0 Å². The van der Waals surface area contributed by atoms with Gasteiger partial charge in [0.15, 0.2) is 0 Å². The van der Waals surface area contributed by atoms with Crippen molar-refractivity contribution in [1.29, 1.82) is 0 Å². The first kappa shape index (κ1) is 12.1. The summed E-state index contributed by atoms with van der Waals surface area (Å²) in [7, 11) is 0. The second-order valence-corrected chi connectivity index (χ2v) is 5.68. The molecular weight excluding hydrogens is 290 g/mol. The predicted octanol–water partition coefficient (Wildman–Crippen LogP) is 2.55. The van der Waals surface area contributed by atoms with Crippen LogP contribution in [0, 0.1) is 5.92 Å². The first-order chi connectivity index (χ1) is 7.77. The van der Waals surface area contributed by atoms with E-state index in [-0.39, 0.29) is 11.8 Å². The van der Waals surface area contributed by atoms with Crippen molar-refractivity contribution >= 4 is 33.2 Å². The van der Waals surface area contributed by atoms with E-state index in [0.717, 1.165) is 28.8 Å². The van der Waals surface area contributed by atoms with Gasteiger partial charge in [0.2, 0.25) is 5.91 Å². The van der Waals surface area contributed by atoms with Crippen LogP contribution in [0.5, 0.6) is 0 Å². The average molecular weight is 304 g/mol. The summed E-state index contributed by atoms with van der Waals surface area (Å²) in [4.78, 5) is 13.0.